The first kappa shape index (κ1) is 12.3. The molecule has 5 heteroatoms. The van der Waals surface area contributed by atoms with Crippen molar-refractivity contribution in [2.45, 2.75) is 19.8 Å². The minimum Gasteiger partial charge on any atom is -0.324 e. The van der Waals surface area contributed by atoms with Crippen LogP contribution < -0.4 is 5.32 Å². The van der Waals surface area contributed by atoms with Crippen molar-refractivity contribution in [1.82, 2.24) is 0 Å². The van der Waals surface area contributed by atoms with Gasteiger partial charge in [-0.05, 0) is 19.1 Å². The lowest BCUT2D eigenvalue weighted by Gasteiger charge is -2.05. The number of anilines is 1. The van der Waals surface area contributed by atoms with E-state index >= 15 is 0 Å². The summed E-state index contributed by atoms with van der Waals surface area (Å²) in [5.74, 6) is -2.13. The number of halogens is 2. The standard InChI is InChI=1S/C11H11F2NO2/c1-7(15)2-5-11(16)14-10-4-3-8(12)6-9(10)13/h3-4,6H,2,5H2,1H3,(H,14,16). The van der Waals surface area contributed by atoms with Crippen LogP contribution in [0.4, 0.5) is 14.5 Å². The fourth-order valence-corrected chi connectivity index (χ4v) is 1.09. The number of carbonyl (C=O) groups is 2. The zero-order chi connectivity index (χ0) is 12.1. The lowest BCUT2D eigenvalue weighted by Crippen LogP contribution is -2.13. The average Bonchev–Trinajstić information content (AvgIpc) is 2.19. The maximum Gasteiger partial charge on any atom is 0.224 e. The molecule has 1 aromatic rings. The van der Waals surface area contributed by atoms with Crippen molar-refractivity contribution >= 4 is 17.4 Å². The van der Waals surface area contributed by atoms with Gasteiger partial charge in [-0.3, -0.25) is 4.79 Å². The minimum absolute atomic E-state index is 0.00779. The first-order valence-corrected chi connectivity index (χ1v) is 4.73. The molecule has 0 aliphatic carbocycles. The van der Waals surface area contributed by atoms with Gasteiger partial charge >= 0.3 is 0 Å². The summed E-state index contributed by atoms with van der Waals surface area (Å²) in [6.07, 6.45) is 0.0980. The van der Waals surface area contributed by atoms with E-state index in [1.807, 2.05) is 0 Å². The number of hydrogen-bond acceptors (Lipinski definition) is 2. The highest BCUT2D eigenvalue weighted by molar-refractivity contribution is 5.93. The Morgan fingerprint density at radius 3 is 2.50 bits per heavy atom. The highest BCUT2D eigenvalue weighted by atomic mass is 19.1. The predicted octanol–water partition coefficient (Wildman–Crippen LogP) is 2.27. The van der Waals surface area contributed by atoms with Crippen molar-refractivity contribution in [3.05, 3.63) is 29.8 Å². The molecule has 0 aliphatic rings. The molecule has 0 fully saturated rings. The Labute approximate surface area is 91.5 Å². The van der Waals surface area contributed by atoms with Gasteiger partial charge in [0.15, 0.2) is 0 Å². The SMILES string of the molecule is CC(=O)CCC(=O)Nc1ccc(F)cc1F. The van der Waals surface area contributed by atoms with Gasteiger partial charge in [0, 0.05) is 18.9 Å². The summed E-state index contributed by atoms with van der Waals surface area (Å²) in [4.78, 5) is 21.8. The molecule has 3 nitrogen and oxygen atoms in total. The van der Waals surface area contributed by atoms with Gasteiger partial charge in [0.05, 0.1) is 5.69 Å². The molecule has 1 N–H and O–H groups in total. The molecule has 1 aromatic carbocycles. The second-order valence-corrected chi connectivity index (χ2v) is 3.37. The summed E-state index contributed by atoms with van der Waals surface area (Å²) in [7, 11) is 0. The van der Waals surface area contributed by atoms with Crippen LogP contribution in [0.2, 0.25) is 0 Å². The molecule has 0 aromatic heterocycles. The molecule has 0 aliphatic heterocycles. The average molecular weight is 227 g/mol. The van der Waals surface area contributed by atoms with Gasteiger partial charge in [-0.25, -0.2) is 8.78 Å². The first-order chi connectivity index (χ1) is 7.49. The number of carbonyl (C=O) groups excluding carboxylic acids is 2. The fourth-order valence-electron chi connectivity index (χ4n) is 1.09. The third-order valence-electron chi connectivity index (χ3n) is 1.91. The monoisotopic (exact) mass is 227 g/mol. The first-order valence-electron chi connectivity index (χ1n) is 4.73. The molecule has 0 saturated heterocycles. The smallest absolute Gasteiger partial charge is 0.224 e. The summed E-state index contributed by atoms with van der Waals surface area (Å²) in [6, 6.07) is 2.86. The van der Waals surface area contributed by atoms with Gasteiger partial charge in [-0.2, -0.15) is 0 Å². The van der Waals surface area contributed by atoms with Crippen molar-refractivity contribution < 1.29 is 18.4 Å². The Balaban J connectivity index is 2.59. The molecule has 0 bridgehead atoms. The van der Waals surface area contributed by atoms with Crippen LogP contribution in [0.1, 0.15) is 19.8 Å². The number of hydrogen-bond donors (Lipinski definition) is 1. The van der Waals surface area contributed by atoms with Crippen molar-refractivity contribution in [3.8, 4) is 0 Å². The molecule has 0 radical (unpaired) electrons. The van der Waals surface area contributed by atoms with Crippen molar-refractivity contribution in [2.75, 3.05) is 5.32 Å². The maximum absolute atomic E-state index is 13.1. The Morgan fingerprint density at radius 2 is 1.94 bits per heavy atom. The van der Waals surface area contributed by atoms with Crippen molar-refractivity contribution in [3.63, 3.8) is 0 Å². The van der Waals surface area contributed by atoms with Gasteiger partial charge in [-0.15, -0.1) is 0 Å². The minimum atomic E-state index is -0.837. The molecular formula is C11H11F2NO2. The Morgan fingerprint density at radius 1 is 1.25 bits per heavy atom. The van der Waals surface area contributed by atoms with E-state index in [4.69, 9.17) is 0 Å². The Bertz CT molecular complexity index is 418. The van der Waals surface area contributed by atoms with Crippen LogP contribution in [0.25, 0.3) is 0 Å². The Hall–Kier alpha value is -1.78. The molecule has 1 amide bonds. The van der Waals surface area contributed by atoms with Gasteiger partial charge in [0.2, 0.25) is 5.91 Å². The van der Waals surface area contributed by atoms with Crippen LogP contribution in [0.15, 0.2) is 18.2 Å². The van der Waals surface area contributed by atoms with Crippen molar-refractivity contribution in [2.24, 2.45) is 0 Å². The van der Waals surface area contributed by atoms with E-state index in [0.29, 0.717) is 6.07 Å². The van der Waals surface area contributed by atoms with E-state index < -0.39 is 17.5 Å². The molecule has 16 heavy (non-hydrogen) atoms. The number of benzene rings is 1. The topological polar surface area (TPSA) is 46.2 Å². The van der Waals surface area contributed by atoms with Gasteiger partial charge in [0.1, 0.15) is 17.4 Å². The van der Waals surface area contributed by atoms with Crippen molar-refractivity contribution in [1.29, 1.82) is 0 Å². The summed E-state index contributed by atoms with van der Waals surface area (Å²) >= 11 is 0. The van der Waals surface area contributed by atoms with E-state index in [1.54, 1.807) is 0 Å². The third-order valence-corrected chi connectivity index (χ3v) is 1.91. The zero-order valence-corrected chi connectivity index (χ0v) is 8.72. The summed E-state index contributed by atoms with van der Waals surface area (Å²) < 4.78 is 25.6. The molecule has 1 rings (SSSR count). The largest absolute Gasteiger partial charge is 0.324 e. The lowest BCUT2D eigenvalue weighted by molar-refractivity contribution is -0.121. The van der Waals surface area contributed by atoms with E-state index in [-0.39, 0.29) is 24.3 Å². The van der Waals surface area contributed by atoms with Crippen LogP contribution in [-0.2, 0) is 9.59 Å². The molecule has 0 spiro atoms. The van der Waals surface area contributed by atoms with E-state index in [2.05, 4.69) is 5.32 Å². The lowest BCUT2D eigenvalue weighted by atomic mass is 10.2. The zero-order valence-electron chi connectivity index (χ0n) is 8.72. The normalized spacial score (nSPS) is 9.94. The van der Waals surface area contributed by atoms with Gasteiger partial charge in [-0.1, -0.05) is 0 Å². The number of Topliss-reactive ketones (excluding diaryl/α,β-unsaturated/α-hetero) is 1. The summed E-state index contributed by atoms with van der Waals surface area (Å²) in [5, 5.41) is 2.26. The Kier molecular flexibility index (Phi) is 4.10. The summed E-state index contributed by atoms with van der Waals surface area (Å²) in [6.45, 7) is 1.37. The molecular weight excluding hydrogens is 216 g/mol. The second kappa shape index (κ2) is 5.34. The van der Waals surface area contributed by atoms with E-state index in [1.165, 1.54) is 6.92 Å². The molecule has 0 unspecified atom stereocenters. The van der Waals surface area contributed by atoms with E-state index in [9.17, 15) is 18.4 Å². The number of ketones is 1. The van der Waals surface area contributed by atoms with Crippen LogP contribution in [0.5, 0.6) is 0 Å². The predicted molar refractivity (Wildman–Crippen MR) is 54.9 cm³/mol. The molecule has 0 heterocycles. The maximum atomic E-state index is 13.1. The van der Waals surface area contributed by atoms with Gasteiger partial charge < -0.3 is 10.1 Å². The summed E-state index contributed by atoms with van der Waals surface area (Å²) in [5.41, 5.74) is -0.0880. The van der Waals surface area contributed by atoms with Crippen LogP contribution in [0, 0.1) is 11.6 Å². The third kappa shape index (κ3) is 3.76. The molecule has 86 valence electrons. The van der Waals surface area contributed by atoms with Crippen LogP contribution >= 0.6 is 0 Å². The fraction of sp³-hybridized carbons (Fsp3) is 0.273. The quantitative estimate of drug-likeness (QED) is 0.857. The highest BCUT2D eigenvalue weighted by Crippen LogP contribution is 2.15. The number of nitrogens with one attached hydrogen (secondary N) is 1. The highest BCUT2D eigenvalue weighted by Gasteiger charge is 2.08. The van der Waals surface area contributed by atoms with Gasteiger partial charge in [0.25, 0.3) is 0 Å². The van der Waals surface area contributed by atoms with Crippen LogP contribution in [-0.4, -0.2) is 11.7 Å². The number of rotatable bonds is 4. The molecule has 0 saturated carbocycles. The molecule has 0 atom stereocenters. The number of amides is 1. The van der Waals surface area contributed by atoms with E-state index in [0.717, 1.165) is 12.1 Å². The second-order valence-electron chi connectivity index (χ2n) is 3.37. The van der Waals surface area contributed by atoms with Crippen LogP contribution in [0.3, 0.4) is 0 Å².